The lowest BCUT2D eigenvalue weighted by Gasteiger charge is -2.11. The van der Waals surface area contributed by atoms with Crippen molar-refractivity contribution in [3.63, 3.8) is 0 Å². The summed E-state index contributed by atoms with van der Waals surface area (Å²) in [6, 6.07) is 4.57. The minimum atomic E-state index is 0.495. The zero-order valence-electron chi connectivity index (χ0n) is 15.6. The number of nitrogens with zero attached hydrogens (tertiary/aromatic N) is 1. The summed E-state index contributed by atoms with van der Waals surface area (Å²) >= 11 is 3.50. The van der Waals surface area contributed by atoms with Crippen LogP contribution in [-0.2, 0) is 4.74 Å². The van der Waals surface area contributed by atoms with E-state index in [4.69, 9.17) is 9.47 Å². The van der Waals surface area contributed by atoms with Crippen LogP contribution in [-0.4, -0.2) is 32.6 Å². The van der Waals surface area contributed by atoms with Crippen molar-refractivity contribution in [2.75, 3.05) is 20.3 Å². The molecule has 2 rings (SSSR count). The average Bonchev–Trinajstić information content (AvgIpc) is 3.26. The summed E-state index contributed by atoms with van der Waals surface area (Å²) in [4.78, 5) is 4.61. The van der Waals surface area contributed by atoms with Crippen LogP contribution in [0, 0.1) is 12.8 Å². The van der Waals surface area contributed by atoms with Crippen LogP contribution >= 0.6 is 15.9 Å². The molecule has 0 aromatic heterocycles. The fourth-order valence-electron chi connectivity index (χ4n) is 1.92. The predicted octanol–water partition coefficient (Wildman–Crippen LogP) is 5.66. The molecule has 23 heavy (non-hydrogen) atoms. The van der Waals surface area contributed by atoms with Gasteiger partial charge in [0.25, 0.3) is 0 Å². The molecule has 0 amide bonds. The van der Waals surface area contributed by atoms with Gasteiger partial charge in [0, 0.05) is 23.4 Å². The third-order valence-electron chi connectivity index (χ3n) is 3.32. The minimum Gasteiger partial charge on any atom is -0.490 e. The second-order valence-electron chi connectivity index (χ2n) is 5.03. The number of methoxy groups -OCH3 is 1. The van der Waals surface area contributed by atoms with E-state index in [-0.39, 0.29) is 0 Å². The summed E-state index contributed by atoms with van der Waals surface area (Å²) in [5.74, 6) is 1.59. The smallest absolute Gasteiger partial charge is 0.129 e. The average molecular weight is 386 g/mol. The molecule has 1 aliphatic carbocycles. The molecule has 2 atom stereocenters. The molecule has 1 aliphatic rings. The van der Waals surface area contributed by atoms with Gasteiger partial charge in [-0.2, -0.15) is 0 Å². The Morgan fingerprint density at radius 2 is 1.83 bits per heavy atom. The maximum Gasteiger partial charge on any atom is 0.129 e. The van der Waals surface area contributed by atoms with E-state index in [1.165, 1.54) is 12.0 Å². The number of hydrogen-bond acceptors (Lipinski definition) is 3. The largest absolute Gasteiger partial charge is 0.490 e. The molecule has 0 aliphatic heterocycles. The Bertz CT molecular complexity index is 475. The molecule has 132 valence electrons. The number of rotatable bonds is 6. The van der Waals surface area contributed by atoms with E-state index in [2.05, 4.69) is 40.8 Å². The summed E-state index contributed by atoms with van der Waals surface area (Å²) in [7, 11) is 1.67. The van der Waals surface area contributed by atoms with Gasteiger partial charge in [0.2, 0.25) is 0 Å². The lowest BCUT2D eigenvalue weighted by atomic mass is 10.1. The highest BCUT2D eigenvalue weighted by atomic mass is 79.9. The van der Waals surface area contributed by atoms with Crippen LogP contribution in [0.25, 0.3) is 0 Å². The van der Waals surface area contributed by atoms with Crippen LogP contribution in [0.3, 0.4) is 0 Å². The Balaban J connectivity index is 0.00000112. The van der Waals surface area contributed by atoms with Gasteiger partial charge >= 0.3 is 0 Å². The molecule has 1 aromatic rings. The van der Waals surface area contributed by atoms with Crippen molar-refractivity contribution in [3.05, 3.63) is 27.7 Å². The number of benzene rings is 1. The molecule has 4 heteroatoms. The first kappa shape index (κ1) is 22.1. The van der Waals surface area contributed by atoms with Gasteiger partial charge in [-0.3, -0.25) is 4.99 Å². The summed E-state index contributed by atoms with van der Waals surface area (Å²) < 4.78 is 11.8. The van der Waals surface area contributed by atoms with E-state index in [0.29, 0.717) is 19.3 Å². The van der Waals surface area contributed by atoms with Crippen LogP contribution in [0.2, 0.25) is 0 Å². The van der Waals surface area contributed by atoms with Gasteiger partial charge in [-0.05, 0) is 37.0 Å². The first-order chi connectivity index (χ1) is 11.1. The zero-order valence-corrected chi connectivity index (χ0v) is 17.2. The highest BCUT2D eigenvalue weighted by Gasteiger charge is 2.31. The van der Waals surface area contributed by atoms with Gasteiger partial charge in [-0.1, -0.05) is 50.5 Å². The van der Waals surface area contributed by atoms with Crippen molar-refractivity contribution >= 4 is 22.1 Å². The Morgan fingerprint density at radius 3 is 2.35 bits per heavy atom. The van der Waals surface area contributed by atoms with Crippen molar-refractivity contribution in [1.29, 1.82) is 0 Å². The second-order valence-corrected chi connectivity index (χ2v) is 5.95. The first-order valence-electron chi connectivity index (χ1n) is 8.57. The Morgan fingerprint density at radius 1 is 1.22 bits per heavy atom. The van der Waals surface area contributed by atoms with Gasteiger partial charge < -0.3 is 9.47 Å². The van der Waals surface area contributed by atoms with E-state index >= 15 is 0 Å². The lowest BCUT2D eigenvalue weighted by molar-refractivity contribution is 0.146. The highest BCUT2D eigenvalue weighted by Crippen LogP contribution is 2.33. The van der Waals surface area contributed by atoms with Crippen molar-refractivity contribution in [3.8, 4) is 5.75 Å². The summed E-state index contributed by atoms with van der Waals surface area (Å²) in [6.07, 6.45) is 3.16. The molecule has 0 bridgehead atoms. The fourth-order valence-corrected chi connectivity index (χ4v) is 2.48. The van der Waals surface area contributed by atoms with Gasteiger partial charge in [0.15, 0.2) is 0 Å². The highest BCUT2D eigenvalue weighted by molar-refractivity contribution is 9.10. The maximum atomic E-state index is 5.77. The molecule has 0 radical (unpaired) electrons. The number of aryl methyl sites for hydroxylation is 1. The van der Waals surface area contributed by atoms with Crippen LogP contribution < -0.4 is 4.74 Å². The van der Waals surface area contributed by atoms with E-state index in [1.54, 1.807) is 7.11 Å². The third kappa shape index (κ3) is 7.98. The van der Waals surface area contributed by atoms with Crippen molar-refractivity contribution in [2.24, 2.45) is 10.9 Å². The first-order valence-corrected chi connectivity index (χ1v) is 9.36. The molecular weight excluding hydrogens is 354 g/mol. The monoisotopic (exact) mass is 385 g/mol. The molecule has 1 fully saturated rings. The maximum absolute atomic E-state index is 5.77. The van der Waals surface area contributed by atoms with Gasteiger partial charge in [-0.15, -0.1) is 0 Å². The van der Waals surface area contributed by atoms with Crippen LogP contribution in [0.15, 0.2) is 21.6 Å². The quantitative estimate of drug-likeness (QED) is 0.466. The lowest BCUT2D eigenvalue weighted by Crippen LogP contribution is -2.07. The van der Waals surface area contributed by atoms with Gasteiger partial charge in [-0.25, -0.2) is 0 Å². The Labute approximate surface area is 150 Å². The molecule has 0 heterocycles. The molecule has 1 saturated carbocycles. The van der Waals surface area contributed by atoms with Crippen molar-refractivity contribution in [1.82, 2.24) is 0 Å². The van der Waals surface area contributed by atoms with Crippen LogP contribution in [0.5, 0.6) is 5.75 Å². The number of ether oxygens (including phenoxy) is 2. The molecule has 2 unspecified atom stereocenters. The van der Waals surface area contributed by atoms with E-state index in [9.17, 15) is 0 Å². The van der Waals surface area contributed by atoms with Crippen LogP contribution in [0.4, 0.5) is 0 Å². The third-order valence-corrected chi connectivity index (χ3v) is 3.78. The van der Waals surface area contributed by atoms with Gasteiger partial charge in [0.1, 0.15) is 12.4 Å². The standard InChI is InChI=1S/C15H20BrNO2.2C2H6/c1-10-6-12(16)8-15(19-5-4-18-3)13(10)9-17-14-7-11(14)2;2*1-2/h6,8-9,11,14H,4-5,7H2,1-3H3;2*1-2H3. The van der Waals surface area contributed by atoms with E-state index < -0.39 is 0 Å². The number of aliphatic imine (C=N–C) groups is 1. The molecule has 3 nitrogen and oxygen atoms in total. The SMILES string of the molecule is CC.CC.COCCOc1cc(Br)cc(C)c1C=NC1CC1C. The minimum absolute atomic E-state index is 0.495. The fraction of sp³-hybridized carbons (Fsp3) is 0.632. The number of halogens is 1. The summed E-state index contributed by atoms with van der Waals surface area (Å²) in [6.45, 7) is 13.4. The predicted molar refractivity (Wildman–Crippen MR) is 104 cm³/mol. The van der Waals surface area contributed by atoms with E-state index in [0.717, 1.165) is 21.7 Å². The number of hydrogen-bond donors (Lipinski definition) is 0. The molecule has 0 N–H and O–H groups in total. The Kier molecular flexibility index (Phi) is 12.1. The molecular formula is C19H32BrNO2. The molecule has 1 aromatic carbocycles. The zero-order chi connectivity index (χ0) is 17.8. The van der Waals surface area contributed by atoms with Crippen molar-refractivity contribution in [2.45, 2.75) is 54.0 Å². The normalized spacial score (nSPS) is 18.6. The Hall–Kier alpha value is -0.870. The topological polar surface area (TPSA) is 30.8 Å². The van der Waals surface area contributed by atoms with E-state index in [1.807, 2.05) is 40.0 Å². The second kappa shape index (κ2) is 12.5. The molecule has 0 saturated heterocycles. The summed E-state index contributed by atoms with van der Waals surface area (Å²) in [5, 5.41) is 0. The molecule has 0 spiro atoms. The van der Waals surface area contributed by atoms with Crippen LogP contribution in [0.1, 0.15) is 52.2 Å². The van der Waals surface area contributed by atoms with Gasteiger partial charge in [0.05, 0.1) is 12.6 Å². The van der Waals surface area contributed by atoms with Crippen molar-refractivity contribution < 1.29 is 9.47 Å². The summed E-state index contributed by atoms with van der Waals surface area (Å²) in [5.41, 5.74) is 2.23.